The van der Waals surface area contributed by atoms with Crippen molar-refractivity contribution in [3.05, 3.63) is 36.6 Å². The van der Waals surface area contributed by atoms with Gasteiger partial charge >= 0.3 is 0 Å². The fraction of sp³-hybridized carbons (Fsp3) is 0.368. The average Bonchev–Trinajstić information content (AvgIpc) is 3.02. The van der Waals surface area contributed by atoms with E-state index in [4.69, 9.17) is 4.42 Å². The molecule has 0 bridgehead atoms. The molecular weight excluding hydrogens is 316 g/mol. The first-order valence-electron chi connectivity index (χ1n) is 8.79. The van der Waals surface area contributed by atoms with Gasteiger partial charge in [0.25, 0.3) is 0 Å². The van der Waals surface area contributed by atoms with Crippen LogP contribution in [0.5, 0.6) is 0 Å². The smallest absolute Gasteiger partial charge is 0.228 e. The van der Waals surface area contributed by atoms with Gasteiger partial charge in [-0.25, -0.2) is 4.98 Å². The topological polar surface area (TPSA) is 83.0 Å². The number of aromatic nitrogens is 2. The van der Waals surface area contributed by atoms with Gasteiger partial charge in [0, 0.05) is 11.6 Å². The van der Waals surface area contributed by atoms with Crippen LogP contribution >= 0.6 is 0 Å². The van der Waals surface area contributed by atoms with Crippen molar-refractivity contribution in [2.75, 3.05) is 18.4 Å². The summed E-state index contributed by atoms with van der Waals surface area (Å²) in [5.74, 6) is 1.70. The molecule has 5 rings (SSSR count). The van der Waals surface area contributed by atoms with Gasteiger partial charge in [-0.2, -0.15) is 0 Å². The molecule has 3 aromatic rings. The third-order valence-corrected chi connectivity index (χ3v) is 5.61. The second-order valence-corrected chi connectivity index (χ2v) is 7.15. The number of piperidine rings is 1. The summed E-state index contributed by atoms with van der Waals surface area (Å²) in [5, 5.41) is 6.45. The van der Waals surface area contributed by atoms with Crippen LogP contribution in [0.15, 0.2) is 41.0 Å². The molecule has 25 heavy (non-hydrogen) atoms. The molecular formula is C19H20N4O2. The van der Waals surface area contributed by atoms with Gasteiger partial charge in [-0.05, 0) is 68.1 Å². The van der Waals surface area contributed by atoms with Gasteiger partial charge in [-0.3, -0.25) is 4.79 Å². The second kappa shape index (κ2) is 5.46. The molecule has 1 atom stereocenters. The van der Waals surface area contributed by atoms with Gasteiger partial charge in [0.15, 0.2) is 11.6 Å². The molecule has 1 amide bonds. The van der Waals surface area contributed by atoms with Gasteiger partial charge in [-0.1, -0.05) is 0 Å². The first-order valence-corrected chi connectivity index (χ1v) is 8.79. The summed E-state index contributed by atoms with van der Waals surface area (Å²) < 4.78 is 5.38. The van der Waals surface area contributed by atoms with Crippen molar-refractivity contribution in [3.63, 3.8) is 0 Å². The van der Waals surface area contributed by atoms with Crippen molar-refractivity contribution in [2.45, 2.75) is 19.3 Å². The maximum atomic E-state index is 12.6. The lowest BCUT2D eigenvalue weighted by Gasteiger charge is -2.23. The highest BCUT2D eigenvalue weighted by Gasteiger charge is 2.57. The molecule has 6 heteroatoms. The van der Waals surface area contributed by atoms with E-state index in [2.05, 4.69) is 20.6 Å². The number of nitrogens with zero attached hydrogens (tertiary/aromatic N) is 1. The molecule has 6 nitrogen and oxygen atoms in total. The van der Waals surface area contributed by atoms with E-state index in [1.54, 1.807) is 6.26 Å². The highest BCUT2D eigenvalue weighted by atomic mass is 16.3. The highest BCUT2D eigenvalue weighted by Crippen LogP contribution is 2.58. The van der Waals surface area contributed by atoms with Crippen molar-refractivity contribution in [2.24, 2.45) is 11.3 Å². The number of amides is 1. The number of fused-ring (bicyclic) bond motifs is 1. The van der Waals surface area contributed by atoms with Crippen LogP contribution in [0.3, 0.4) is 0 Å². The van der Waals surface area contributed by atoms with Crippen molar-refractivity contribution in [1.29, 1.82) is 0 Å². The van der Waals surface area contributed by atoms with E-state index >= 15 is 0 Å². The fourth-order valence-corrected chi connectivity index (χ4v) is 4.04. The minimum Gasteiger partial charge on any atom is -0.461 e. The summed E-state index contributed by atoms with van der Waals surface area (Å²) in [7, 11) is 0. The van der Waals surface area contributed by atoms with E-state index in [1.807, 2.05) is 30.3 Å². The van der Waals surface area contributed by atoms with Gasteiger partial charge in [0.05, 0.1) is 17.3 Å². The van der Waals surface area contributed by atoms with Crippen molar-refractivity contribution >= 4 is 22.6 Å². The molecule has 1 unspecified atom stereocenters. The normalized spacial score (nSPS) is 21.5. The molecule has 2 fully saturated rings. The Morgan fingerprint density at radius 2 is 2.16 bits per heavy atom. The van der Waals surface area contributed by atoms with Gasteiger partial charge in [0.1, 0.15) is 0 Å². The van der Waals surface area contributed by atoms with Crippen molar-refractivity contribution < 1.29 is 9.21 Å². The quantitative estimate of drug-likeness (QED) is 0.686. The zero-order chi connectivity index (χ0) is 16.9. The summed E-state index contributed by atoms with van der Waals surface area (Å²) in [6, 6.07) is 9.46. The van der Waals surface area contributed by atoms with Crippen LogP contribution in [0, 0.1) is 11.3 Å². The number of nitrogens with one attached hydrogen (secondary N) is 3. The number of carbonyl (C=O) groups is 1. The molecule has 128 valence electrons. The fourth-order valence-electron chi connectivity index (χ4n) is 4.04. The van der Waals surface area contributed by atoms with E-state index in [0.29, 0.717) is 11.6 Å². The van der Waals surface area contributed by atoms with Crippen LogP contribution in [0.1, 0.15) is 19.3 Å². The second-order valence-electron chi connectivity index (χ2n) is 7.15. The molecule has 2 aromatic heterocycles. The van der Waals surface area contributed by atoms with Crippen molar-refractivity contribution in [3.8, 4) is 11.6 Å². The Hall–Kier alpha value is -2.60. The number of furan rings is 1. The Morgan fingerprint density at radius 3 is 2.96 bits per heavy atom. The van der Waals surface area contributed by atoms with Crippen LogP contribution in [0.2, 0.25) is 0 Å². The molecule has 0 radical (unpaired) electrons. The SMILES string of the molecule is O=C(Nc1ccc2nc(-c3ccco3)[nH]c2c1)C1CC12CCNCC2. The molecule has 1 aromatic carbocycles. The number of H-pyrrole nitrogens is 1. The summed E-state index contributed by atoms with van der Waals surface area (Å²) >= 11 is 0. The molecule has 1 saturated carbocycles. The Kier molecular flexibility index (Phi) is 3.21. The van der Waals surface area contributed by atoms with Crippen LogP contribution in [-0.2, 0) is 4.79 Å². The Bertz CT molecular complexity index is 922. The standard InChI is InChI=1S/C19H20N4O2/c24-18(13-11-19(13)5-7-20-8-6-19)21-12-3-4-14-15(10-12)23-17(22-14)16-2-1-9-25-16/h1-4,9-10,13,20H,5-8,11H2,(H,21,24)(H,22,23). The third kappa shape index (κ3) is 2.53. The van der Waals surface area contributed by atoms with Crippen LogP contribution < -0.4 is 10.6 Å². The zero-order valence-electron chi connectivity index (χ0n) is 13.8. The number of imidazole rings is 1. The minimum absolute atomic E-state index is 0.145. The molecule has 3 N–H and O–H groups in total. The van der Waals surface area contributed by atoms with E-state index < -0.39 is 0 Å². The number of carbonyl (C=O) groups excluding carboxylic acids is 1. The maximum absolute atomic E-state index is 12.6. The largest absolute Gasteiger partial charge is 0.461 e. The van der Waals surface area contributed by atoms with Crippen molar-refractivity contribution in [1.82, 2.24) is 15.3 Å². The number of rotatable bonds is 3. The van der Waals surface area contributed by atoms with E-state index in [-0.39, 0.29) is 17.2 Å². The van der Waals surface area contributed by atoms with Gasteiger partial charge < -0.3 is 20.0 Å². The molecule has 1 aliphatic heterocycles. The predicted molar refractivity (Wildman–Crippen MR) is 95.1 cm³/mol. The lowest BCUT2D eigenvalue weighted by Crippen LogP contribution is -2.31. The third-order valence-electron chi connectivity index (χ3n) is 5.61. The van der Waals surface area contributed by atoms with E-state index in [1.165, 1.54) is 0 Å². The Balaban J connectivity index is 1.34. The molecule has 1 spiro atoms. The summed E-state index contributed by atoms with van der Waals surface area (Å²) in [4.78, 5) is 20.4. The predicted octanol–water partition coefficient (Wildman–Crippen LogP) is 3.15. The van der Waals surface area contributed by atoms with Gasteiger partial charge in [0.2, 0.25) is 5.91 Å². The highest BCUT2D eigenvalue weighted by molar-refractivity contribution is 5.96. The van der Waals surface area contributed by atoms with Crippen LogP contribution in [0.25, 0.3) is 22.6 Å². The molecule has 1 saturated heterocycles. The zero-order valence-corrected chi connectivity index (χ0v) is 13.8. The lowest BCUT2D eigenvalue weighted by molar-refractivity contribution is -0.118. The number of hydrogen-bond acceptors (Lipinski definition) is 4. The van der Waals surface area contributed by atoms with E-state index in [9.17, 15) is 4.79 Å². The summed E-state index contributed by atoms with van der Waals surface area (Å²) in [6.07, 6.45) is 4.87. The molecule has 2 aliphatic rings. The maximum Gasteiger partial charge on any atom is 0.228 e. The first-order chi connectivity index (χ1) is 12.2. The number of aromatic amines is 1. The summed E-state index contributed by atoms with van der Waals surface area (Å²) in [6.45, 7) is 2.05. The van der Waals surface area contributed by atoms with Gasteiger partial charge in [-0.15, -0.1) is 0 Å². The number of benzene rings is 1. The Morgan fingerprint density at radius 1 is 1.28 bits per heavy atom. The Labute approximate surface area is 145 Å². The minimum atomic E-state index is 0.145. The number of anilines is 1. The molecule has 3 heterocycles. The van der Waals surface area contributed by atoms with Crippen LogP contribution in [-0.4, -0.2) is 29.0 Å². The first kappa shape index (κ1) is 14.7. The molecule has 1 aliphatic carbocycles. The lowest BCUT2D eigenvalue weighted by atomic mass is 9.92. The van der Waals surface area contributed by atoms with Crippen LogP contribution in [0.4, 0.5) is 5.69 Å². The van der Waals surface area contributed by atoms with E-state index in [0.717, 1.165) is 49.1 Å². The monoisotopic (exact) mass is 336 g/mol. The number of hydrogen-bond donors (Lipinski definition) is 3. The summed E-state index contributed by atoms with van der Waals surface area (Å²) in [5.41, 5.74) is 2.80. The average molecular weight is 336 g/mol.